The number of anilines is 1. The Bertz CT molecular complexity index is 453. The van der Waals surface area contributed by atoms with Crippen LogP contribution in [0.4, 0.5) is 5.69 Å². The molecule has 0 aliphatic carbocycles. The van der Waals surface area contributed by atoms with E-state index in [9.17, 15) is 0 Å². The molecule has 0 N–H and O–H groups in total. The monoisotopic (exact) mass is 272 g/mol. The Hall–Kier alpha value is -1.02. The Morgan fingerprint density at radius 1 is 0.950 bits per heavy atom. The van der Waals surface area contributed by atoms with Gasteiger partial charge in [-0.05, 0) is 48.4 Å². The topological polar surface area (TPSA) is 6.48 Å². The molecule has 2 heteroatoms. The van der Waals surface area contributed by atoms with Crippen molar-refractivity contribution in [2.75, 3.05) is 38.1 Å². The molecule has 0 aromatic heterocycles. The summed E-state index contributed by atoms with van der Waals surface area (Å²) in [4.78, 5) is 5.02. The van der Waals surface area contributed by atoms with Crippen LogP contribution in [0.5, 0.6) is 0 Å². The van der Waals surface area contributed by atoms with E-state index in [1.54, 1.807) is 0 Å². The summed E-state index contributed by atoms with van der Waals surface area (Å²) in [5.74, 6) is 0. The van der Waals surface area contributed by atoms with E-state index in [0.29, 0.717) is 5.41 Å². The molecule has 0 saturated carbocycles. The van der Waals surface area contributed by atoms with Gasteiger partial charge in [-0.2, -0.15) is 0 Å². The van der Waals surface area contributed by atoms with Crippen LogP contribution in [-0.2, 0) is 5.41 Å². The Morgan fingerprint density at radius 2 is 1.50 bits per heavy atom. The molecule has 110 valence electrons. The highest BCUT2D eigenvalue weighted by Crippen LogP contribution is 2.40. The number of piperidine rings is 1. The predicted octanol–water partition coefficient (Wildman–Crippen LogP) is 3.52. The van der Waals surface area contributed by atoms with Gasteiger partial charge < -0.3 is 9.80 Å². The van der Waals surface area contributed by atoms with Gasteiger partial charge in [0.2, 0.25) is 0 Å². The summed E-state index contributed by atoms with van der Waals surface area (Å²) in [6.07, 6.45) is 2.72. The lowest BCUT2D eigenvalue weighted by Crippen LogP contribution is -2.58. The van der Waals surface area contributed by atoms with Gasteiger partial charge in [0.1, 0.15) is 0 Å². The Morgan fingerprint density at radius 3 is 1.95 bits per heavy atom. The van der Waals surface area contributed by atoms with Crippen molar-refractivity contribution in [3.63, 3.8) is 0 Å². The van der Waals surface area contributed by atoms with Crippen molar-refractivity contribution >= 4 is 5.69 Å². The molecule has 2 fully saturated rings. The predicted molar refractivity (Wildman–Crippen MR) is 86.5 cm³/mol. The second-order valence-electron chi connectivity index (χ2n) is 7.96. The summed E-state index contributed by atoms with van der Waals surface area (Å²) >= 11 is 0. The SMILES string of the molecule is CN1CC2(CCN(c3ccc(C(C)(C)C)cc3)CC2)C1. The summed E-state index contributed by atoms with van der Waals surface area (Å²) in [6.45, 7) is 11.9. The Balaban J connectivity index is 1.63. The third kappa shape index (κ3) is 2.58. The average Bonchev–Trinajstić information content (AvgIpc) is 2.37. The number of likely N-dealkylation sites (tertiary alicyclic amines) is 1. The van der Waals surface area contributed by atoms with Gasteiger partial charge in [0.25, 0.3) is 0 Å². The van der Waals surface area contributed by atoms with Crippen LogP contribution in [0, 0.1) is 5.41 Å². The highest BCUT2D eigenvalue weighted by molar-refractivity contribution is 5.49. The van der Waals surface area contributed by atoms with Gasteiger partial charge in [-0.25, -0.2) is 0 Å². The largest absolute Gasteiger partial charge is 0.371 e. The van der Waals surface area contributed by atoms with Crippen molar-refractivity contribution in [2.24, 2.45) is 5.41 Å². The minimum Gasteiger partial charge on any atom is -0.371 e. The zero-order chi connectivity index (χ0) is 14.4. The van der Waals surface area contributed by atoms with Crippen molar-refractivity contribution in [3.05, 3.63) is 29.8 Å². The summed E-state index contributed by atoms with van der Waals surface area (Å²) in [5, 5.41) is 0. The highest BCUT2D eigenvalue weighted by atomic mass is 15.2. The minimum atomic E-state index is 0.251. The molecule has 0 radical (unpaired) electrons. The average molecular weight is 272 g/mol. The van der Waals surface area contributed by atoms with Gasteiger partial charge in [0.05, 0.1) is 0 Å². The second kappa shape index (κ2) is 4.77. The molecular weight excluding hydrogens is 244 g/mol. The van der Waals surface area contributed by atoms with Gasteiger partial charge in [-0.15, -0.1) is 0 Å². The van der Waals surface area contributed by atoms with Gasteiger partial charge in [0.15, 0.2) is 0 Å². The number of hydrogen-bond donors (Lipinski definition) is 0. The van der Waals surface area contributed by atoms with Crippen LogP contribution in [0.15, 0.2) is 24.3 Å². The number of hydrogen-bond acceptors (Lipinski definition) is 2. The van der Waals surface area contributed by atoms with Crippen LogP contribution >= 0.6 is 0 Å². The first-order chi connectivity index (χ1) is 9.38. The third-order valence-corrected chi connectivity index (χ3v) is 5.13. The first kappa shape index (κ1) is 13.9. The van der Waals surface area contributed by atoms with E-state index >= 15 is 0 Å². The lowest BCUT2D eigenvalue weighted by Gasteiger charge is -2.53. The van der Waals surface area contributed by atoms with Crippen LogP contribution in [0.3, 0.4) is 0 Å². The summed E-state index contributed by atoms with van der Waals surface area (Å²) in [7, 11) is 2.24. The zero-order valence-corrected chi connectivity index (χ0v) is 13.4. The second-order valence-corrected chi connectivity index (χ2v) is 7.96. The van der Waals surface area contributed by atoms with Gasteiger partial charge >= 0.3 is 0 Å². The lowest BCUT2D eigenvalue weighted by atomic mass is 9.72. The van der Waals surface area contributed by atoms with E-state index in [0.717, 1.165) is 0 Å². The van der Waals surface area contributed by atoms with Crippen LogP contribution in [0.25, 0.3) is 0 Å². The number of nitrogens with zero attached hydrogens (tertiary/aromatic N) is 2. The maximum atomic E-state index is 2.57. The van der Waals surface area contributed by atoms with E-state index in [2.05, 4.69) is 61.9 Å². The van der Waals surface area contributed by atoms with Crippen molar-refractivity contribution in [1.82, 2.24) is 4.90 Å². The fourth-order valence-corrected chi connectivity index (χ4v) is 3.83. The van der Waals surface area contributed by atoms with E-state index in [1.807, 2.05) is 0 Å². The van der Waals surface area contributed by atoms with Crippen molar-refractivity contribution < 1.29 is 0 Å². The van der Waals surface area contributed by atoms with Crippen molar-refractivity contribution in [1.29, 1.82) is 0 Å². The van der Waals surface area contributed by atoms with Crippen molar-refractivity contribution in [2.45, 2.75) is 39.0 Å². The normalized spacial score (nSPS) is 22.9. The molecule has 1 aromatic rings. The van der Waals surface area contributed by atoms with Crippen LogP contribution in [0.2, 0.25) is 0 Å². The van der Waals surface area contributed by atoms with Gasteiger partial charge in [-0.1, -0.05) is 32.9 Å². The fourth-order valence-electron chi connectivity index (χ4n) is 3.83. The summed E-state index contributed by atoms with van der Waals surface area (Å²) in [5.41, 5.74) is 3.73. The highest BCUT2D eigenvalue weighted by Gasteiger charge is 2.42. The molecular formula is C18H28N2. The molecule has 2 aliphatic heterocycles. The lowest BCUT2D eigenvalue weighted by molar-refractivity contribution is 0.00132. The number of benzene rings is 1. The minimum absolute atomic E-state index is 0.251. The van der Waals surface area contributed by atoms with Gasteiger partial charge in [0, 0.05) is 31.9 Å². The molecule has 2 heterocycles. The summed E-state index contributed by atoms with van der Waals surface area (Å²) in [6, 6.07) is 9.23. The van der Waals surface area contributed by atoms with E-state index in [-0.39, 0.29) is 5.41 Å². The molecule has 0 atom stereocenters. The first-order valence-corrected chi connectivity index (χ1v) is 7.92. The Labute approximate surface area is 123 Å². The molecule has 3 rings (SSSR count). The maximum Gasteiger partial charge on any atom is 0.0366 e. The standard InChI is InChI=1S/C18H28N2/c1-17(2,3)15-5-7-16(8-6-15)20-11-9-18(10-12-20)13-19(4)14-18/h5-8H,9-14H2,1-4H3. The Kier molecular flexibility index (Phi) is 3.32. The fraction of sp³-hybridized carbons (Fsp3) is 0.667. The molecule has 1 spiro atoms. The quantitative estimate of drug-likeness (QED) is 0.772. The first-order valence-electron chi connectivity index (χ1n) is 7.92. The van der Waals surface area contributed by atoms with Crippen molar-refractivity contribution in [3.8, 4) is 0 Å². The molecule has 20 heavy (non-hydrogen) atoms. The molecule has 2 nitrogen and oxygen atoms in total. The van der Waals surface area contributed by atoms with Crippen LogP contribution < -0.4 is 4.90 Å². The summed E-state index contributed by atoms with van der Waals surface area (Å²) < 4.78 is 0. The van der Waals surface area contributed by atoms with Crippen LogP contribution in [0.1, 0.15) is 39.2 Å². The van der Waals surface area contributed by atoms with Gasteiger partial charge in [-0.3, -0.25) is 0 Å². The molecule has 2 saturated heterocycles. The van der Waals surface area contributed by atoms with E-state index < -0.39 is 0 Å². The smallest absolute Gasteiger partial charge is 0.0366 e. The zero-order valence-electron chi connectivity index (χ0n) is 13.4. The maximum absolute atomic E-state index is 2.57. The van der Waals surface area contributed by atoms with E-state index in [4.69, 9.17) is 0 Å². The number of rotatable bonds is 1. The molecule has 0 amide bonds. The molecule has 0 bridgehead atoms. The molecule has 0 unspecified atom stereocenters. The van der Waals surface area contributed by atoms with Crippen LogP contribution in [-0.4, -0.2) is 38.1 Å². The van der Waals surface area contributed by atoms with E-state index in [1.165, 1.54) is 50.3 Å². The molecule has 1 aromatic carbocycles. The molecule has 2 aliphatic rings. The third-order valence-electron chi connectivity index (χ3n) is 5.13.